The van der Waals surface area contributed by atoms with Crippen LogP contribution in [0.2, 0.25) is 0 Å². The van der Waals surface area contributed by atoms with E-state index >= 15 is 0 Å². The van der Waals surface area contributed by atoms with Gasteiger partial charge in [-0.1, -0.05) is 6.92 Å². The van der Waals surface area contributed by atoms with Crippen molar-refractivity contribution in [3.05, 3.63) is 22.6 Å². The van der Waals surface area contributed by atoms with Crippen LogP contribution in [0.1, 0.15) is 38.4 Å². The van der Waals surface area contributed by atoms with Gasteiger partial charge >= 0.3 is 0 Å². The van der Waals surface area contributed by atoms with Gasteiger partial charge in [0.2, 0.25) is 0 Å². The monoisotopic (exact) mass is 301 g/mol. The second-order valence-corrected chi connectivity index (χ2v) is 6.06. The summed E-state index contributed by atoms with van der Waals surface area (Å²) in [5.41, 5.74) is -0.522. The van der Waals surface area contributed by atoms with Crippen LogP contribution < -0.4 is 5.32 Å². The molecule has 0 spiro atoms. The maximum absolute atomic E-state index is 10.4. The maximum atomic E-state index is 10.4. The Morgan fingerprint density at radius 3 is 2.82 bits per heavy atom. The first-order chi connectivity index (χ1) is 8.09. The van der Waals surface area contributed by atoms with Gasteiger partial charge in [0.1, 0.15) is 5.76 Å². The van der Waals surface area contributed by atoms with Crippen molar-refractivity contribution in [3.8, 4) is 0 Å². The summed E-state index contributed by atoms with van der Waals surface area (Å²) >= 11 is 3.42. The molecule has 0 amide bonds. The van der Waals surface area contributed by atoms with Gasteiger partial charge in [-0.05, 0) is 53.6 Å². The number of halogens is 1. The van der Waals surface area contributed by atoms with Gasteiger partial charge in [0.05, 0.1) is 22.9 Å². The minimum atomic E-state index is -0.522. The van der Waals surface area contributed by atoms with Gasteiger partial charge in [-0.2, -0.15) is 0 Å². The van der Waals surface area contributed by atoms with E-state index in [1.165, 1.54) is 0 Å². The fraction of sp³-hybridized carbons (Fsp3) is 0.692. The Morgan fingerprint density at radius 1 is 1.53 bits per heavy atom. The highest BCUT2D eigenvalue weighted by Gasteiger charge is 2.31. The Balaban J connectivity index is 1.76. The number of aliphatic hydroxyl groups is 1. The van der Waals surface area contributed by atoms with Crippen molar-refractivity contribution in [1.82, 2.24) is 5.32 Å². The average molecular weight is 302 g/mol. The Bertz CT molecular complexity index is 356. The summed E-state index contributed by atoms with van der Waals surface area (Å²) in [7, 11) is 0. The van der Waals surface area contributed by atoms with E-state index in [1.54, 1.807) is 6.26 Å². The first-order valence-electron chi connectivity index (χ1n) is 6.24. The highest BCUT2D eigenvalue weighted by molar-refractivity contribution is 9.10. The van der Waals surface area contributed by atoms with Crippen LogP contribution >= 0.6 is 15.9 Å². The van der Waals surface area contributed by atoms with E-state index in [0.29, 0.717) is 13.1 Å². The quantitative estimate of drug-likeness (QED) is 0.898. The van der Waals surface area contributed by atoms with Crippen LogP contribution in [0.25, 0.3) is 0 Å². The zero-order valence-electron chi connectivity index (χ0n) is 10.2. The Kier molecular flexibility index (Phi) is 4.28. The van der Waals surface area contributed by atoms with Crippen LogP contribution in [-0.2, 0) is 6.54 Å². The number of furan rings is 1. The van der Waals surface area contributed by atoms with Gasteiger partial charge in [0, 0.05) is 6.54 Å². The highest BCUT2D eigenvalue weighted by Crippen LogP contribution is 2.31. The van der Waals surface area contributed by atoms with Crippen molar-refractivity contribution >= 4 is 15.9 Å². The number of rotatable bonds is 4. The van der Waals surface area contributed by atoms with Crippen molar-refractivity contribution in [3.63, 3.8) is 0 Å². The molecule has 0 aliphatic heterocycles. The summed E-state index contributed by atoms with van der Waals surface area (Å²) in [6, 6.07) is 1.88. The Labute approximate surface area is 111 Å². The summed E-state index contributed by atoms with van der Waals surface area (Å²) in [4.78, 5) is 0. The van der Waals surface area contributed by atoms with E-state index in [0.717, 1.165) is 41.8 Å². The fourth-order valence-corrected chi connectivity index (χ4v) is 2.68. The lowest BCUT2D eigenvalue weighted by molar-refractivity contribution is -0.00657. The molecule has 0 saturated heterocycles. The summed E-state index contributed by atoms with van der Waals surface area (Å²) in [5, 5.41) is 13.7. The largest absolute Gasteiger partial charge is 0.467 e. The molecule has 2 rings (SSSR count). The molecule has 2 N–H and O–H groups in total. The third kappa shape index (κ3) is 3.57. The van der Waals surface area contributed by atoms with Gasteiger partial charge in [-0.3, -0.25) is 0 Å². The van der Waals surface area contributed by atoms with E-state index < -0.39 is 5.60 Å². The van der Waals surface area contributed by atoms with Gasteiger partial charge in [-0.25, -0.2) is 0 Å². The molecule has 0 radical (unpaired) electrons. The number of hydrogen-bond acceptors (Lipinski definition) is 3. The first-order valence-corrected chi connectivity index (χ1v) is 7.03. The molecule has 1 aliphatic rings. The molecule has 96 valence electrons. The van der Waals surface area contributed by atoms with Crippen LogP contribution in [0.3, 0.4) is 0 Å². The van der Waals surface area contributed by atoms with E-state index in [4.69, 9.17) is 4.42 Å². The van der Waals surface area contributed by atoms with Crippen molar-refractivity contribution in [2.75, 3.05) is 6.54 Å². The van der Waals surface area contributed by atoms with Crippen LogP contribution in [0.15, 0.2) is 21.2 Å². The molecule has 0 atom stereocenters. The SMILES string of the molecule is CC1CCC(O)(CNCc2occc2Br)CC1. The van der Waals surface area contributed by atoms with Gasteiger partial charge in [0.15, 0.2) is 0 Å². The van der Waals surface area contributed by atoms with Gasteiger partial charge in [-0.15, -0.1) is 0 Å². The fourth-order valence-electron chi connectivity index (χ4n) is 2.34. The molecule has 1 saturated carbocycles. The molecule has 0 unspecified atom stereocenters. The van der Waals surface area contributed by atoms with Gasteiger partial charge < -0.3 is 14.8 Å². The molecule has 4 heteroatoms. The lowest BCUT2D eigenvalue weighted by Gasteiger charge is -2.35. The number of nitrogens with one attached hydrogen (secondary N) is 1. The van der Waals surface area contributed by atoms with E-state index in [-0.39, 0.29) is 0 Å². The van der Waals surface area contributed by atoms with E-state index in [9.17, 15) is 5.11 Å². The molecule has 0 bridgehead atoms. The number of hydrogen-bond donors (Lipinski definition) is 2. The van der Waals surface area contributed by atoms with E-state index in [1.807, 2.05) is 6.07 Å². The minimum Gasteiger partial charge on any atom is -0.467 e. The summed E-state index contributed by atoms with van der Waals surface area (Å²) < 4.78 is 6.29. The first kappa shape index (κ1) is 13.1. The van der Waals surface area contributed by atoms with Crippen molar-refractivity contribution in [2.45, 2.75) is 44.8 Å². The summed E-state index contributed by atoms with van der Waals surface area (Å²) in [6.45, 7) is 3.56. The van der Waals surface area contributed by atoms with Crippen LogP contribution in [0, 0.1) is 5.92 Å². The molecular weight excluding hydrogens is 282 g/mol. The van der Waals surface area contributed by atoms with Crippen molar-refractivity contribution in [1.29, 1.82) is 0 Å². The molecule has 1 aromatic rings. The third-order valence-corrected chi connectivity index (χ3v) is 4.34. The predicted molar refractivity (Wildman–Crippen MR) is 70.7 cm³/mol. The summed E-state index contributed by atoms with van der Waals surface area (Å²) in [6.07, 6.45) is 5.73. The lowest BCUT2D eigenvalue weighted by atomic mass is 9.79. The topological polar surface area (TPSA) is 45.4 Å². The zero-order valence-corrected chi connectivity index (χ0v) is 11.8. The normalized spacial score (nSPS) is 29.5. The molecule has 1 aromatic heterocycles. The lowest BCUT2D eigenvalue weighted by Crippen LogP contribution is -2.43. The minimum absolute atomic E-state index is 0.522. The standard InChI is InChI=1S/C13H20BrNO2/c1-10-2-5-13(16,6-3-10)9-15-8-12-11(14)4-7-17-12/h4,7,10,15-16H,2-3,5-6,8-9H2,1H3. The van der Waals surface area contributed by atoms with E-state index in [2.05, 4.69) is 28.2 Å². The smallest absolute Gasteiger partial charge is 0.131 e. The van der Waals surface area contributed by atoms with Crippen LogP contribution in [0.5, 0.6) is 0 Å². The zero-order chi connectivity index (χ0) is 12.3. The van der Waals surface area contributed by atoms with Crippen LogP contribution in [0.4, 0.5) is 0 Å². The van der Waals surface area contributed by atoms with Crippen molar-refractivity contribution in [2.24, 2.45) is 5.92 Å². The van der Waals surface area contributed by atoms with Crippen LogP contribution in [-0.4, -0.2) is 17.3 Å². The second kappa shape index (κ2) is 5.55. The van der Waals surface area contributed by atoms with Gasteiger partial charge in [0.25, 0.3) is 0 Å². The highest BCUT2D eigenvalue weighted by atomic mass is 79.9. The summed E-state index contributed by atoms with van der Waals surface area (Å²) in [5.74, 6) is 1.65. The Hall–Kier alpha value is -0.320. The molecule has 0 aromatic carbocycles. The third-order valence-electron chi connectivity index (χ3n) is 3.64. The predicted octanol–water partition coefficient (Wildman–Crippen LogP) is 3.07. The molecule has 1 fully saturated rings. The maximum Gasteiger partial charge on any atom is 0.131 e. The second-order valence-electron chi connectivity index (χ2n) is 5.20. The molecule has 1 aliphatic carbocycles. The van der Waals surface area contributed by atoms with Crippen molar-refractivity contribution < 1.29 is 9.52 Å². The molecule has 1 heterocycles. The molecule has 17 heavy (non-hydrogen) atoms. The molecule has 3 nitrogen and oxygen atoms in total. The molecular formula is C13H20BrNO2. The average Bonchev–Trinajstić information content (AvgIpc) is 2.70. The Morgan fingerprint density at radius 2 is 2.24 bits per heavy atom.